The fraction of sp³-hybridized carbons (Fsp3) is 0.290. The van der Waals surface area contributed by atoms with E-state index in [1.807, 2.05) is 58.9 Å². The summed E-state index contributed by atoms with van der Waals surface area (Å²) in [5, 5.41) is 11.7. The number of anilines is 1. The van der Waals surface area contributed by atoms with Crippen LogP contribution in [-0.2, 0) is 9.59 Å². The first kappa shape index (κ1) is 26.8. The molecule has 1 saturated heterocycles. The van der Waals surface area contributed by atoms with Gasteiger partial charge in [0.15, 0.2) is 11.5 Å². The number of aliphatic hydroxyl groups excluding tert-OH is 1. The molecule has 1 aliphatic rings. The van der Waals surface area contributed by atoms with Gasteiger partial charge in [-0.25, -0.2) is 0 Å². The van der Waals surface area contributed by atoms with Crippen LogP contribution in [0.2, 0.25) is 0 Å². The zero-order valence-corrected chi connectivity index (χ0v) is 22.8. The fourth-order valence-corrected chi connectivity index (χ4v) is 4.97. The van der Waals surface area contributed by atoms with Gasteiger partial charge in [0.1, 0.15) is 11.5 Å². The predicted octanol–water partition coefficient (Wildman–Crippen LogP) is 5.96. The summed E-state index contributed by atoms with van der Waals surface area (Å²) in [4.78, 5) is 28.7. The standard InChI is InChI=1S/C31H33NO6/c1-8-38-25-16-21(10-12-24(25)36-6)27-26(28(33)23-14-17(2)13-20(5)30(23)37-7)29(34)31(35)32(27)22-11-9-18(3)19(4)15-22/h9-16,27,33H,8H2,1-7H3/b28-26+. The number of ketones is 1. The summed E-state index contributed by atoms with van der Waals surface area (Å²) in [6.07, 6.45) is 0. The first-order valence-corrected chi connectivity index (χ1v) is 12.5. The van der Waals surface area contributed by atoms with Crippen LogP contribution in [0.25, 0.3) is 5.76 Å². The van der Waals surface area contributed by atoms with Gasteiger partial charge in [-0.2, -0.15) is 0 Å². The number of carbonyl (C=O) groups is 2. The third kappa shape index (κ3) is 4.60. The Kier molecular flexibility index (Phi) is 7.49. The van der Waals surface area contributed by atoms with E-state index in [1.165, 1.54) is 12.0 Å². The van der Waals surface area contributed by atoms with Crippen molar-refractivity contribution in [3.63, 3.8) is 0 Å². The van der Waals surface area contributed by atoms with Gasteiger partial charge >= 0.3 is 0 Å². The van der Waals surface area contributed by atoms with Crippen molar-refractivity contribution < 1.29 is 28.9 Å². The Hall–Kier alpha value is -4.26. The molecule has 3 aromatic rings. The lowest BCUT2D eigenvalue weighted by Crippen LogP contribution is -2.29. The molecule has 0 aliphatic carbocycles. The number of hydrogen-bond acceptors (Lipinski definition) is 6. The van der Waals surface area contributed by atoms with Crippen LogP contribution < -0.4 is 19.1 Å². The number of ether oxygens (including phenoxy) is 3. The zero-order valence-electron chi connectivity index (χ0n) is 22.8. The SMILES string of the molecule is CCOc1cc(C2/C(=C(\O)c3cc(C)cc(C)c3OC)C(=O)C(=O)N2c2ccc(C)c(C)c2)ccc1OC. The van der Waals surface area contributed by atoms with Gasteiger partial charge in [-0.3, -0.25) is 14.5 Å². The molecule has 1 unspecified atom stereocenters. The average molecular weight is 516 g/mol. The molecule has 7 nitrogen and oxygen atoms in total. The largest absolute Gasteiger partial charge is 0.507 e. The number of Topliss-reactive ketones (excluding diaryl/α,β-unsaturated/α-hetero) is 1. The average Bonchev–Trinajstić information content (AvgIpc) is 3.15. The molecule has 1 heterocycles. The lowest BCUT2D eigenvalue weighted by molar-refractivity contribution is -0.132. The number of aliphatic hydroxyl groups is 1. The van der Waals surface area contributed by atoms with Crippen LogP contribution in [0.4, 0.5) is 5.69 Å². The quantitative estimate of drug-likeness (QED) is 0.237. The van der Waals surface area contributed by atoms with E-state index in [0.29, 0.717) is 40.7 Å². The van der Waals surface area contributed by atoms with Crippen molar-refractivity contribution in [2.45, 2.75) is 40.7 Å². The highest BCUT2D eigenvalue weighted by molar-refractivity contribution is 6.51. The van der Waals surface area contributed by atoms with Crippen molar-refractivity contribution >= 4 is 23.1 Å². The van der Waals surface area contributed by atoms with E-state index in [4.69, 9.17) is 14.2 Å². The van der Waals surface area contributed by atoms with E-state index in [2.05, 4.69) is 0 Å². The highest BCUT2D eigenvalue weighted by Crippen LogP contribution is 2.45. The Bertz CT molecular complexity index is 1450. The maximum Gasteiger partial charge on any atom is 0.300 e. The number of carbonyl (C=O) groups excluding carboxylic acids is 2. The highest BCUT2D eigenvalue weighted by Gasteiger charge is 2.47. The number of hydrogen-bond donors (Lipinski definition) is 1. The molecule has 0 bridgehead atoms. The molecule has 4 rings (SSSR count). The number of amides is 1. The van der Waals surface area contributed by atoms with Crippen molar-refractivity contribution in [1.29, 1.82) is 0 Å². The third-order valence-corrected chi connectivity index (χ3v) is 6.89. The normalized spacial score (nSPS) is 16.6. The highest BCUT2D eigenvalue weighted by atomic mass is 16.5. The van der Waals surface area contributed by atoms with E-state index in [0.717, 1.165) is 22.3 Å². The van der Waals surface area contributed by atoms with E-state index in [9.17, 15) is 14.7 Å². The maximum absolute atomic E-state index is 13.6. The number of nitrogens with zero attached hydrogens (tertiary/aromatic N) is 1. The molecule has 38 heavy (non-hydrogen) atoms. The van der Waals surface area contributed by atoms with Crippen LogP contribution in [0.5, 0.6) is 17.2 Å². The minimum atomic E-state index is -0.909. The van der Waals surface area contributed by atoms with E-state index in [-0.39, 0.29) is 11.3 Å². The molecule has 0 radical (unpaired) electrons. The van der Waals surface area contributed by atoms with Gasteiger partial charge < -0.3 is 19.3 Å². The van der Waals surface area contributed by atoms with Gasteiger partial charge in [0.05, 0.1) is 38.0 Å². The molecule has 7 heteroatoms. The molecule has 1 atom stereocenters. The van der Waals surface area contributed by atoms with Crippen LogP contribution in [-0.4, -0.2) is 37.6 Å². The van der Waals surface area contributed by atoms with Gasteiger partial charge in [-0.15, -0.1) is 0 Å². The maximum atomic E-state index is 13.6. The lowest BCUT2D eigenvalue weighted by atomic mass is 9.93. The molecule has 198 valence electrons. The third-order valence-electron chi connectivity index (χ3n) is 6.89. The summed E-state index contributed by atoms with van der Waals surface area (Å²) < 4.78 is 16.8. The molecule has 1 amide bonds. The second-order valence-corrected chi connectivity index (χ2v) is 9.44. The van der Waals surface area contributed by atoms with Gasteiger partial charge in [0.2, 0.25) is 0 Å². The summed E-state index contributed by atoms with van der Waals surface area (Å²) in [6.45, 7) is 9.95. The second kappa shape index (κ2) is 10.6. The van der Waals surface area contributed by atoms with Crippen molar-refractivity contribution in [2.75, 3.05) is 25.7 Å². The Labute approximate surface area is 223 Å². The van der Waals surface area contributed by atoms with Crippen LogP contribution in [0.1, 0.15) is 46.3 Å². The minimum Gasteiger partial charge on any atom is -0.507 e. The molecular weight excluding hydrogens is 482 g/mol. The smallest absolute Gasteiger partial charge is 0.300 e. The van der Waals surface area contributed by atoms with Gasteiger partial charge in [0, 0.05) is 5.69 Å². The molecule has 0 spiro atoms. The zero-order chi connectivity index (χ0) is 27.7. The Morgan fingerprint density at radius 1 is 0.868 bits per heavy atom. The van der Waals surface area contributed by atoms with Gasteiger partial charge in [-0.05, 0) is 92.8 Å². The molecule has 0 aromatic heterocycles. The Morgan fingerprint density at radius 2 is 1.61 bits per heavy atom. The van der Waals surface area contributed by atoms with Crippen molar-refractivity contribution in [3.8, 4) is 17.2 Å². The Morgan fingerprint density at radius 3 is 2.24 bits per heavy atom. The summed E-state index contributed by atoms with van der Waals surface area (Å²) in [7, 11) is 3.06. The van der Waals surface area contributed by atoms with Crippen LogP contribution in [0.3, 0.4) is 0 Å². The van der Waals surface area contributed by atoms with Crippen LogP contribution in [0, 0.1) is 27.7 Å². The summed E-state index contributed by atoms with van der Waals surface area (Å²) >= 11 is 0. The minimum absolute atomic E-state index is 0.0239. The monoisotopic (exact) mass is 515 g/mol. The number of rotatable bonds is 7. The number of aryl methyl sites for hydroxylation is 4. The summed E-state index contributed by atoms with van der Waals surface area (Å²) in [6, 6.07) is 13.6. The molecule has 1 N–H and O–H groups in total. The molecule has 0 saturated carbocycles. The molecule has 1 fully saturated rings. The topological polar surface area (TPSA) is 85.3 Å². The molecule has 3 aromatic carbocycles. The van der Waals surface area contributed by atoms with Crippen LogP contribution >= 0.6 is 0 Å². The Balaban J connectivity index is 2.04. The summed E-state index contributed by atoms with van der Waals surface area (Å²) in [5.41, 5.74) is 5.20. The predicted molar refractivity (Wildman–Crippen MR) is 147 cm³/mol. The van der Waals surface area contributed by atoms with Crippen molar-refractivity contribution in [1.82, 2.24) is 0 Å². The van der Waals surface area contributed by atoms with Crippen LogP contribution in [0.15, 0.2) is 54.1 Å². The first-order valence-electron chi connectivity index (χ1n) is 12.5. The number of benzene rings is 3. The second-order valence-electron chi connectivity index (χ2n) is 9.44. The lowest BCUT2D eigenvalue weighted by Gasteiger charge is -2.27. The van der Waals surface area contributed by atoms with E-state index >= 15 is 0 Å². The van der Waals surface area contributed by atoms with Gasteiger partial charge in [0.25, 0.3) is 11.7 Å². The first-order chi connectivity index (χ1) is 18.1. The molecular formula is C31H33NO6. The van der Waals surface area contributed by atoms with Gasteiger partial charge in [-0.1, -0.05) is 18.2 Å². The fourth-order valence-electron chi connectivity index (χ4n) is 4.97. The number of methoxy groups -OCH3 is 2. The molecule has 1 aliphatic heterocycles. The van der Waals surface area contributed by atoms with Crippen molar-refractivity contribution in [3.05, 3.63) is 87.5 Å². The summed E-state index contributed by atoms with van der Waals surface area (Å²) in [5.74, 6) is -0.361. The van der Waals surface area contributed by atoms with Crippen molar-refractivity contribution in [2.24, 2.45) is 0 Å². The van der Waals surface area contributed by atoms with E-state index in [1.54, 1.807) is 31.4 Å². The van der Waals surface area contributed by atoms with E-state index < -0.39 is 17.7 Å².